The molecule has 0 spiro atoms. The molecule has 0 atom stereocenters. The van der Waals surface area contributed by atoms with Crippen molar-refractivity contribution < 1.29 is 8.42 Å². The van der Waals surface area contributed by atoms with Gasteiger partial charge in [-0.25, -0.2) is 5.14 Å². The fourth-order valence-electron chi connectivity index (χ4n) is 1.16. The summed E-state index contributed by atoms with van der Waals surface area (Å²) in [5.74, 6) is 0.274. The highest BCUT2D eigenvalue weighted by Gasteiger charge is 2.46. The number of rotatable bonds is 2. The van der Waals surface area contributed by atoms with Gasteiger partial charge in [0.25, 0.3) is 10.2 Å². The molecule has 0 aliphatic carbocycles. The third-order valence-corrected chi connectivity index (χ3v) is 3.43. The maximum absolute atomic E-state index is 10.8. The Kier molecular flexibility index (Phi) is 2.20. The van der Waals surface area contributed by atoms with Gasteiger partial charge in [-0.1, -0.05) is 13.8 Å². The molecule has 0 aromatic carbocycles. The molecule has 1 aliphatic heterocycles. The minimum atomic E-state index is -3.52. The fourth-order valence-corrected chi connectivity index (χ4v) is 2.00. The Morgan fingerprint density at radius 1 is 1.42 bits per heavy atom. The molecule has 0 unspecified atom stereocenters. The van der Waals surface area contributed by atoms with Gasteiger partial charge in [0.1, 0.15) is 0 Å². The Bertz CT molecular complexity index is 267. The van der Waals surface area contributed by atoms with Gasteiger partial charge in [-0.3, -0.25) is 0 Å². The lowest BCUT2D eigenvalue weighted by atomic mass is 9.82. The summed E-state index contributed by atoms with van der Waals surface area (Å²) in [6.45, 7) is 4.62. The standard InChI is InChI=1S/C6H15N3O2S/c1-5(2)6(7)3-9(4-6)12(8,10)11/h5H,3-4,7H2,1-2H3,(H2,8,10,11). The first kappa shape index (κ1) is 9.91. The predicted molar refractivity (Wildman–Crippen MR) is 46.4 cm³/mol. The van der Waals surface area contributed by atoms with E-state index in [-0.39, 0.29) is 11.5 Å². The molecule has 12 heavy (non-hydrogen) atoms. The maximum Gasteiger partial charge on any atom is 0.277 e. The molecular formula is C6H15N3O2S. The maximum atomic E-state index is 10.8. The zero-order valence-electron chi connectivity index (χ0n) is 7.32. The Balaban J connectivity index is 2.59. The lowest BCUT2D eigenvalue weighted by molar-refractivity contribution is 0.110. The van der Waals surface area contributed by atoms with Crippen LogP contribution in [0.2, 0.25) is 0 Å². The molecule has 4 N–H and O–H groups in total. The SMILES string of the molecule is CC(C)C1(N)CN(S(N)(=O)=O)C1. The highest BCUT2D eigenvalue weighted by atomic mass is 32.2. The van der Waals surface area contributed by atoms with E-state index >= 15 is 0 Å². The molecule has 6 heteroatoms. The van der Waals surface area contributed by atoms with Gasteiger partial charge in [0.05, 0.1) is 0 Å². The molecule has 1 heterocycles. The minimum Gasteiger partial charge on any atom is -0.323 e. The van der Waals surface area contributed by atoms with Gasteiger partial charge in [0, 0.05) is 18.6 Å². The summed E-state index contributed by atoms with van der Waals surface area (Å²) in [5.41, 5.74) is 5.49. The third kappa shape index (κ3) is 1.61. The zero-order valence-corrected chi connectivity index (χ0v) is 8.13. The first-order valence-electron chi connectivity index (χ1n) is 3.82. The molecule has 0 amide bonds. The van der Waals surface area contributed by atoms with Crippen LogP contribution >= 0.6 is 0 Å². The van der Waals surface area contributed by atoms with Crippen molar-refractivity contribution in [1.29, 1.82) is 0 Å². The lowest BCUT2D eigenvalue weighted by Crippen LogP contribution is -2.71. The van der Waals surface area contributed by atoms with Gasteiger partial charge >= 0.3 is 0 Å². The largest absolute Gasteiger partial charge is 0.323 e. The minimum absolute atomic E-state index is 0.274. The molecule has 72 valence electrons. The van der Waals surface area contributed by atoms with E-state index < -0.39 is 10.2 Å². The molecule has 1 fully saturated rings. The van der Waals surface area contributed by atoms with Gasteiger partial charge in [-0.05, 0) is 5.92 Å². The van der Waals surface area contributed by atoms with Crippen LogP contribution in [0.3, 0.4) is 0 Å². The van der Waals surface area contributed by atoms with E-state index in [1.165, 1.54) is 4.31 Å². The number of hydrogen-bond donors (Lipinski definition) is 2. The Morgan fingerprint density at radius 2 is 1.83 bits per heavy atom. The lowest BCUT2D eigenvalue weighted by Gasteiger charge is -2.48. The van der Waals surface area contributed by atoms with Gasteiger partial charge in [-0.2, -0.15) is 12.7 Å². The van der Waals surface area contributed by atoms with Crippen LogP contribution in [0.15, 0.2) is 0 Å². The fraction of sp³-hybridized carbons (Fsp3) is 1.00. The van der Waals surface area contributed by atoms with E-state index in [9.17, 15) is 8.42 Å². The third-order valence-electron chi connectivity index (χ3n) is 2.45. The van der Waals surface area contributed by atoms with E-state index in [1.807, 2.05) is 13.8 Å². The monoisotopic (exact) mass is 193 g/mol. The Morgan fingerprint density at radius 3 is 2.08 bits per heavy atom. The number of hydrogen-bond acceptors (Lipinski definition) is 3. The van der Waals surface area contributed by atoms with Crippen LogP contribution in [0, 0.1) is 5.92 Å². The van der Waals surface area contributed by atoms with Crippen molar-refractivity contribution in [2.45, 2.75) is 19.4 Å². The van der Waals surface area contributed by atoms with Crippen LogP contribution in [0.25, 0.3) is 0 Å². The van der Waals surface area contributed by atoms with Gasteiger partial charge in [0.15, 0.2) is 0 Å². The van der Waals surface area contributed by atoms with Crippen LogP contribution < -0.4 is 10.9 Å². The molecule has 0 bridgehead atoms. The predicted octanol–water partition coefficient (Wildman–Crippen LogP) is -1.14. The average molecular weight is 193 g/mol. The summed E-state index contributed by atoms with van der Waals surface area (Å²) >= 11 is 0. The van der Waals surface area contributed by atoms with Crippen LogP contribution in [0.1, 0.15) is 13.8 Å². The molecule has 1 rings (SSSR count). The first-order chi connectivity index (χ1) is 5.26. The summed E-state index contributed by atoms with van der Waals surface area (Å²) in [6.07, 6.45) is 0. The summed E-state index contributed by atoms with van der Waals surface area (Å²) in [7, 11) is -3.52. The summed E-state index contributed by atoms with van der Waals surface area (Å²) < 4.78 is 22.7. The molecule has 0 radical (unpaired) electrons. The second kappa shape index (κ2) is 2.66. The Hall–Kier alpha value is -0.170. The highest BCUT2D eigenvalue weighted by Crippen LogP contribution is 2.26. The average Bonchev–Trinajstić information content (AvgIpc) is 1.77. The van der Waals surface area contributed by atoms with Crippen molar-refractivity contribution in [3.63, 3.8) is 0 Å². The van der Waals surface area contributed by atoms with E-state index in [1.54, 1.807) is 0 Å². The van der Waals surface area contributed by atoms with Gasteiger partial charge in [0.2, 0.25) is 0 Å². The van der Waals surface area contributed by atoms with Crippen molar-refractivity contribution >= 4 is 10.2 Å². The molecular weight excluding hydrogens is 178 g/mol. The van der Waals surface area contributed by atoms with Crippen LogP contribution in [0.5, 0.6) is 0 Å². The molecule has 0 saturated carbocycles. The summed E-state index contributed by atoms with van der Waals surface area (Å²) in [6, 6.07) is 0. The van der Waals surface area contributed by atoms with Crippen LogP contribution in [-0.4, -0.2) is 31.4 Å². The first-order valence-corrected chi connectivity index (χ1v) is 5.33. The van der Waals surface area contributed by atoms with E-state index in [4.69, 9.17) is 10.9 Å². The van der Waals surface area contributed by atoms with Gasteiger partial charge < -0.3 is 5.73 Å². The van der Waals surface area contributed by atoms with Crippen molar-refractivity contribution in [2.75, 3.05) is 13.1 Å². The zero-order chi connectivity index (χ0) is 9.57. The van der Waals surface area contributed by atoms with E-state index in [0.717, 1.165) is 0 Å². The molecule has 0 aromatic rings. The highest BCUT2D eigenvalue weighted by molar-refractivity contribution is 7.86. The molecule has 0 aromatic heterocycles. The Labute approximate surface area is 72.9 Å². The van der Waals surface area contributed by atoms with Gasteiger partial charge in [-0.15, -0.1) is 0 Å². The summed E-state index contributed by atoms with van der Waals surface area (Å²) in [4.78, 5) is 0. The summed E-state index contributed by atoms with van der Waals surface area (Å²) in [5, 5.41) is 4.90. The van der Waals surface area contributed by atoms with E-state index in [0.29, 0.717) is 13.1 Å². The topological polar surface area (TPSA) is 89.4 Å². The molecule has 1 aliphatic rings. The van der Waals surface area contributed by atoms with Crippen LogP contribution in [0.4, 0.5) is 0 Å². The second-order valence-electron chi connectivity index (χ2n) is 3.70. The smallest absolute Gasteiger partial charge is 0.277 e. The quantitative estimate of drug-likeness (QED) is 0.581. The van der Waals surface area contributed by atoms with Crippen molar-refractivity contribution in [3.05, 3.63) is 0 Å². The molecule has 1 saturated heterocycles. The second-order valence-corrected chi connectivity index (χ2v) is 5.25. The van der Waals surface area contributed by atoms with Crippen molar-refractivity contribution in [1.82, 2.24) is 4.31 Å². The normalized spacial score (nSPS) is 24.1. The van der Waals surface area contributed by atoms with E-state index in [2.05, 4.69) is 0 Å². The van der Waals surface area contributed by atoms with Crippen molar-refractivity contribution in [3.8, 4) is 0 Å². The van der Waals surface area contributed by atoms with Crippen molar-refractivity contribution in [2.24, 2.45) is 16.8 Å². The number of nitrogens with two attached hydrogens (primary N) is 2. The number of nitrogens with zero attached hydrogens (tertiary/aromatic N) is 1. The van der Waals surface area contributed by atoms with Crippen LogP contribution in [-0.2, 0) is 10.2 Å². The molecule has 5 nitrogen and oxygen atoms in total.